The van der Waals surface area contributed by atoms with Crippen molar-refractivity contribution in [1.82, 2.24) is 9.27 Å². The van der Waals surface area contributed by atoms with Gasteiger partial charge in [-0.1, -0.05) is 19.8 Å². The summed E-state index contributed by atoms with van der Waals surface area (Å²) in [6.07, 6.45) is 4.10. The fraction of sp³-hybridized carbons (Fsp3) is 0.667. The molecule has 24 heavy (non-hydrogen) atoms. The number of likely N-dealkylation sites (tertiary alicyclic amines) is 1. The minimum absolute atomic E-state index is 0.282. The van der Waals surface area contributed by atoms with Gasteiger partial charge >= 0.3 is 6.03 Å². The highest BCUT2D eigenvalue weighted by atomic mass is 32.2. The fourth-order valence-corrected chi connectivity index (χ4v) is 4.41. The summed E-state index contributed by atoms with van der Waals surface area (Å²) < 4.78 is 4.28. The van der Waals surface area contributed by atoms with Crippen molar-refractivity contribution in [2.45, 2.75) is 50.2 Å². The van der Waals surface area contributed by atoms with Crippen LogP contribution in [-0.2, 0) is 0 Å². The lowest BCUT2D eigenvalue weighted by molar-refractivity contribution is 0.0972. The van der Waals surface area contributed by atoms with E-state index in [0.29, 0.717) is 41.5 Å². The Morgan fingerprint density at radius 1 is 1.42 bits per heavy atom. The Kier molecular flexibility index (Phi) is 7.32. The van der Waals surface area contributed by atoms with Gasteiger partial charge in [0.05, 0.1) is 6.10 Å². The molecule has 0 unspecified atom stereocenters. The van der Waals surface area contributed by atoms with Crippen LogP contribution in [0.15, 0.2) is 5.03 Å². The number of aromatic nitrogens is 1. The Hall–Kier alpha value is -1.32. The standard InChI is InChI=1S/C15H24N4O3S2/c1-2-3-4-9-23-14-11(12(16)21)13(24-18-14)17-15(22)19-7-5-10(20)6-8-19/h10,20H,2-9H2,1H3,(H2,16,21)(H,17,22). The third kappa shape index (κ3) is 5.09. The first kappa shape index (κ1) is 19.0. The van der Waals surface area contributed by atoms with Gasteiger partial charge in [0.1, 0.15) is 15.6 Å². The van der Waals surface area contributed by atoms with Crippen LogP contribution in [0, 0.1) is 0 Å². The Morgan fingerprint density at radius 2 is 2.12 bits per heavy atom. The number of nitrogens with one attached hydrogen (secondary N) is 1. The first-order valence-corrected chi connectivity index (χ1v) is 9.95. The van der Waals surface area contributed by atoms with Crippen LogP contribution in [0.4, 0.5) is 9.80 Å². The third-order valence-electron chi connectivity index (χ3n) is 3.87. The number of primary amides is 1. The van der Waals surface area contributed by atoms with E-state index < -0.39 is 5.91 Å². The number of carbonyl (C=O) groups is 2. The molecule has 1 fully saturated rings. The molecule has 134 valence electrons. The monoisotopic (exact) mass is 372 g/mol. The number of piperidine rings is 1. The van der Waals surface area contributed by atoms with Crippen LogP contribution in [0.25, 0.3) is 0 Å². The minimum atomic E-state index is -0.578. The van der Waals surface area contributed by atoms with Crippen molar-refractivity contribution >= 4 is 40.2 Å². The number of nitrogens with two attached hydrogens (primary N) is 1. The minimum Gasteiger partial charge on any atom is -0.393 e. The number of aliphatic hydroxyl groups is 1. The van der Waals surface area contributed by atoms with Crippen molar-refractivity contribution in [2.75, 3.05) is 24.2 Å². The Labute approximate surface area is 150 Å². The van der Waals surface area contributed by atoms with Crippen molar-refractivity contribution in [3.63, 3.8) is 0 Å². The lowest BCUT2D eigenvalue weighted by Gasteiger charge is -2.29. The van der Waals surface area contributed by atoms with Crippen molar-refractivity contribution in [3.8, 4) is 0 Å². The maximum absolute atomic E-state index is 12.3. The molecule has 9 heteroatoms. The van der Waals surface area contributed by atoms with Gasteiger partial charge in [0, 0.05) is 13.1 Å². The SMILES string of the molecule is CCCCCSc1nsc(NC(=O)N2CCC(O)CC2)c1C(N)=O. The molecular formula is C15H24N4O3S2. The summed E-state index contributed by atoms with van der Waals surface area (Å²) in [6.45, 7) is 3.13. The van der Waals surface area contributed by atoms with E-state index in [9.17, 15) is 14.7 Å². The van der Waals surface area contributed by atoms with E-state index in [1.54, 1.807) is 4.90 Å². The number of amides is 3. The highest BCUT2D eigenvalue weighted by Crippen LogP contribution is 2.32. The van der Waals surface area contributed by atoms with Crippen molar-refractivity contribution in [3.05, 3.63) is 5.56 Å². The van der Waals surface area contributed by atoms with E-state index in [1.807, 2.05) is 0 Å². The van der Waals surface area contributed by atoms with Crippen LogP contribution in [0.1, 0.15) is 49.4 Å². The molecule has 1 aromatic rings. The van der Waals surface area contributed by atoms with Gasteiger partial charge < -0.3 is 15.7 Å². The number of hydrogen-bond donors (Lipinski definition) is 3. The molecule has 2 rings (SSSR count). The lowest BCUT2D eigenvalue weighted by Crippen LogP contribution is -2.42. The number of carbonyl (C=O) groups excluding carboxylic acids is 2. The third-order valence-corrected chi connectivity index (χ3v) is 5.81. The molecule has 1 saturated heterocycles. The molecule has 0 radical (unpaired) electrons. The number of aliphatic hydroxyl groups excluding tert-OH is 1. The molecule has 0 spiro atoms. The summed E-state index contributed by atoms with van der Waals surface area (Å²) in [5.74, 6) is 0.293. The van der Waals surface area contributed by atoms with Crippen LogP contribution in [0.3, 0.4) is 0 Å². The second-order valence-corrected chi connectivity index (χ2v) is 7.62. The first-order chi connectivity index (χ1) is 11.5. The largest absolute Gasteiger partial charge is 0.393 e. The topological polar surface area (TPSA) is 109 Å². The molecule has 1 aliphatic rings. The van der Waals surface area contributed by atoms with Gasteiger partial charge in [0.2, 0.25) is 0 Å². The van der Waals surface area contributed by atoms with Gasteiger partial charge in [-0.25, -0.2) is 4.79 Å². The quantitative estimate of drug-likeness (QED) is 0.503. The normalized spacial score (nSPS) is 15.5. The number of thioether (sulfide) groups is 1. The van der Waals surface area contributed by atoms with E-state index in [0.717, 1.165) is 36.5 Å². The molecule has 1 aromatic heterocycles. The van der Waals surface area contributed by atoms with Crippen LogP contribution in [-0.4, -0.2) is 51.3 Å². The summed E-state index contributed by atoms with van der Waals surface area (Å²) in [5, 5.41) is 13.2. The van der Waals surface area contributed by atoms with Crippen LogP contribution >= 0.6 is 23.3 Å². The van der Waals surface area contributed by atoms with Crippen LogP contribution < -0.4 is 11.1 Å². The molecule has 1 aliphatic heterocycles. The highest BCUT2D eigenvalue weighted by molar-refractivity contribution is 7.99. The van der Waals surface area contributed by atoms with Gasteiger partial charge in [-0.05, 0) is 36.5 Å². The first-order valence-electron chi connectivity index (χ1n) is 8.19. The van der Waals surface area contributed by atoms with Gasteiger partial charge in [-0.3, -0.25) is 10.1 Å². The summed E-state index contributed by atoms with van der Waals surface area (Å²) in [6, 6.07) is -0.282. The second-order valence-electron chi connectivity index (χ2n) is 5.76. The molecule has 4 N–H and O–H groups in total. The van der Waals surface area contributed by atoms with Crippen molar-refractivity contribution in [2.24, 2.45) is 5.73 Å². The molecule has 2 heterocycles. The number of urea groups is 1. The molecule has 0 aliphatic carbocycles. The smallest absolute Gasteiger partial charge is 0.322 e. The van der Waals surface area contributed by atoms with Crippen LogP contribution in [0.5, 0.6) is 0 Å². The van der Waals surface area contributed by atoms with E-state index in [1.165, 1.54) is 11.8 Å². The summed E-state index contributed by atoms with van der Waals surface area (Å²) in [7, 11) is 0. The van der Waals surface area contributed by atoms with Gasteiger partial charge in [0.25, 0.3) is 5.91 Å². The molecule has 7 nitrogen and oxygen atoms in total. The van der Waals surface area contributed by atoms with Crippen molar-refractivity contribution < 1.29 is 14.7 Å². The molecule has 3 amide bonds. The van der Waals surface area contributed by atoms with Crippen LogP contribution in [0.2, 0.25) is 0 Å². The van der Waals surface area contributed by atoms with E-state index >= 15 is 0 Å². The zero-order valence-electron chi connectivity index (χ0n) is 13.8. The van der Waals surface area contributed by atoms with E-state index in [2.05, 4.69) is 16.6 Å². The molecule has 0 bridgehead atoms. The molecule has 0 saturated carbocycles. The summed E-state index contributed by atoms with van der Waals surface area (Å²) in [4.78, 5) is 25.7. The summed E-state index contributed by atoms with van der Waals surface area (Å²) in [5.41, 5.74) is 5.78. The van der Waals surface area contributed by atoms with E-state index in [4.69, 9.17) is 5.73 Å². The zero-order chi connectivity index (χ0) is 17.5. The number of hydrogen-bond acceptors (Lipinski definition) is 6. The number of nitrogens with zero attached hydrogens (tertiary/aromatic N) is 2. The predicted octanol–water partition coefficient (Wildman–Crippen LogP) is 2.51. The number of anilines is 1. The Balaban J connectivity index is 2.00. The average molecular weight is 373 g/mol. The summed E-state index contributed by atoms with van der Waals surface area (Å²) >= 11 is 2.58. The molecule has 0 aromatic carbocycles. The Bertz CT molecular complexity index is 571. The average Bonchev–Trinajstić information content (AvgIpc) is 2.95. The Morgan fingerprint density at radius 3 is 2.75 bits per heavy atom. The van der Waals surface area contributed by atoms with E-state index in [-0.39, 0.29) is 12.1 Å². The maximum Gasteiger partial charge on any atom is 0.322 e. The van der Waals surface area contributed by atoms with Gasteiger partial charge in [-0.15, -0.1) is 11.8 Å². The zero-order valence-corrected chi connectivity index (χ0v) is 15.4. The molecule has 0 atom stereocenters. The predicted molar refractivity (Wildman–Crippen MR) is 96.7 cm³/mol. The van der Waals surface area contributed by atoms with Crippen molar-refractivity contribution in [1.29, 1.82) is 0 Å². The van der Waals surface area contributed by atoms with Gasteiger partial charge in [0.15, 0.2) is 0 Å². The molecular weight excluding hydrogens is 348 g/mol. The number of unbranched alkanes of at least 4 members (excludes halogenated alkanes) is 2. The lowest BCUT2D eigenvalue weighted by atomic mass is 10.1. The number of rotatable bonds is 7. The maximum atomic E-state index is 12.3. The van der Waals surface area contributed by atoms with Gasteiger partial charge in [-0.2, -0.15) is 4.37 Å². The fourth-order valence-electron chi connectivity index (χ4n) is 2.44. The highest BCUT2D eigenvalue weighted by Gasteiger charge is 2.25. The second kappa shape index (κ2) is 9.24.